The Morgan fingerprint density at radius 1 is 1.16 bits per heavy atom. The van der Waals surface area contributed by atoms with E-state index in [9.17, 15) is 4.79 Å². The summed E-state index contributed by atoms with van der Waals surface area (Å²) in [5.41, 5.74) is 8.31. The van der Waals surface area contributed by atoms with Crippen LogP contribution < -0.4 is 11.3 Å². The maximum atomic E-state index is 12.3. The molecule has 0 aliphatic carbocycles. The van der Waals surface area contributed by atoms with Crippen molar-refractivity contribution in [2.45, 2.75) is 39.8 Å². The van der Waals surface area contributed by atoms with E-state index >= 15 is 0 Å². The molecule has 1 aromatic heterocycles. The van der Waals surface area contributed by atoms with Crippen molar-refractivity contribution >= 4 is 5.69 Å². The van der Waals surface area contributed by atoms with Crippen LogP contribution in [0.5, 0.6) is 0 Å². The van der Waals surface area contributed by atoms with E-state index in [-0.39, 0.29) is 11.5 Å². The van der Waals surface area contributed by atoms with E-state index in [0.29, 0.717) is 12.2 Å². The van der Waals surface area contributed by atoms with Crippen molar-refractivity contribution in [2.24, 2.45) is 0 Å². The number of nitrogen functional groups attached to an aromatic ring is 1. The van der Waals surface area contributed by atoms with Crippen molar-refractivity contribution in [3.8, 4) is 0 Å². The van der Waals surface area contributed by atoms with E-state index in [2.05, 4.69) is 13.8 Å². The lowest BCUT2D eigenvalue weighted by Gasteiger charge is -2.15. The third-order valence-corrected chi connectivity index (χ3v) is 3.33. The predicted molar refractivity (Wildman–Crippen MR) is 78.4 cm³/mol. The van der Waals surface area contributed by atoms with Crippen molar-refractivity contribution in [1.82, 2.24) is 9.36 Å². The van der Waals surface area contributed by atoms with Gasteiger partial charge in [-0.3, -0.25) is 9.48 Å². The first-order valence-corrected chi connectivity index (χ1v) is 6.69. The Morgan fingerprint density at radius 2 is 1.79 bits per heavy atom. The lowest BCUT2D eigenvalue weighted by Crippen LogP contribution is -2.24. The van der Waals surface area contributed by atoms with E-state index in [1.165, 1.54) is 0 Å². The van der Waals surface area contributed by atoms with Gasteiger partial charge in [0.1, 0.15) is 5.69 Å². The van der Waals surface area contributed by atoms with Gasteiger partial charge in [-0.1, -0.05) is 44.2 Å². The normalized spacial score (nSPS) is 11.2. The molecule has 0 saturated heterocycles. The van der Waals surface area contributed by atoms with Gasteiger partial charge in [-0.05, 0) is 18.4 Å². The summed E-state index contributed by atoms with van der Waals surface area (Å²) in [5.74, 6) is 0.240. The number of anilines is 1. The first-order chi connectivity index (χ1) is 9.06. The zero-order chi connectivity index (χ0) is 14.0. The summed E-state index contributed by atoms with van der Waals surface area (Å²) in [6.07, 6.45) is 0. The Balaban J connectivity index is 2.52. The Labute approximate surface area is 113 Å². The molecule has 0 aliphatic heterocycles. The number of nitrogens with zero attached hydrogens (tertiary/aromatic N) is 2. The number of hydrogen-bond donors (Lipinski definition) is 1. The summed E-state index contributed by atoms with van der Waals surface area (Å²) in [6, 6.07) is 9.97. The van der Waals surface area contributed by atoms with Crippen LogP contribution in [0.25, 0.3) is 0 Å². The van der Waals surface area contributed by atoms with E-state index in [0.717, 1.165) is 17.8 Å². The summed E-state index contributed by atoms with van der Waals surface area (Å²) >= 11 is 0. The van der Waals surface area contributed by atoms with E-state index < -0.39 is 0 Å². The van der Waals surface area contributed by atoms with Crippen LogP contribution in [0.2, 0.25) is 0 Å². The highest BCUT2D eigenvalue weighted by Gasteiger charge is 2.18. The Hall–Kier alpha value is -1.97. The summed E-state index contributed by atoms with van der Waals surface area (Å²) in [5, 5.41) is 0. The second kappa shape index (κ2) is 5.34. The molecule has 0 fully saturated rings. The van der Waals surface area contributed by atoms with Gasteiger partial charge in [0.05, 0.1) is 12.2 Å². The third-order valence-electron chi connectivity index (χ3n) is 3.33. The average molecular weight is 259 g/mol. The first kappa shape index (κ1) is 13.5. The summed E-state index contributed by atoms with van der Waals surface area (Å²) in [4.78, 5) is 12.3. The average Bonchev–Trinajstić information content (AvgIpc) is 2.64. The van der Waals surface area contributed by atoms with Crippen LogP contribution in [0, 0.1) is 0 Å². The third kappa shape index (κ3) is 2.43. The van der Waals surface area contributed by atoms with Gasteiger partial charge in [-0.15, -0.1) is 0 Å². The smallest absolute Gasteiger partial charge is 0.290 e. The number of nitrogens with two attached hydrogens (primary N) is 1. The molecule has 0 aliphatic rings. The summed E-state index contributed by atoms with van der Waals surface area (Å²) in [7, 11) is 0. The van der Waals surface area contributed by atoms with Crippen LogP contribution in [-0.4, -0.2) is 9.36 Å². The molecule has 0 saturated carbocycles. The molecule has 0 amide bonds. The predicted octanol–water partition coefficient (Wildman–Crippen LogP) is 2.42. The number of rotatable bonds is 4. The molecule has 2 rings (SSSR count). The standard InChI is InChI=1S/C15H21N3O/c1-4-17-14(11(2)3)13(16)15(19)18(17)10-12-8-6-5-7-9-12/h5-9,11H,4,10,16H2,1-3H3. The molecule has 0 radical (unpaired) electrons. The van der Waals surface area contributed by atoms with E-state index in [1.807, 2.05) is 41.9 Å². The van der Waals surface area contributed by atoms with Gasteiger partial charge in [-0.25, -0.2) is 4.68 Å². The molecular weight excluding hydrogens is 238 g/mol. The summed E-state index contributed by atoms with van der Waals surface area (Å²) in [6.45, 7) is 7.46. The maximum Gasteiger partial charge on any atom is 0.290 e. The minimum atomic E-state index is -0.0885. The highest BCUT2D eigenvalue weighted by Crippen LogP contribution is 2.20. The molecule has 0 spiro atoms. The van der Waals surface area contributed by atoms with Crippen LogP contribution in [0.4, 0.5) is 5.69 Å². The molecule has 102 valence electrons. The Kier molecular flexibility index (Phi) is 3.79. The first-order valence-electron chi connectivity index (χ1n) is 6.69. The molecule has 0 unspecified atom stereocenters. The molecule has 1 heterocycles. The maximum absolute atomic E-state index is 12.3. The van der Waals surface area contributed by atoms with Crippen LogP contribution in [-0.2, 0) is 13.1 Å². The molecule has 4 nitrogen and oxygen atoms in total. The van der Waals surface area contributed by atoms with Crippen LogP contribution in [0.3, 0.4) is 0 Å². The molecule has 1 aromatic carbocycles. The van der Waals surface area contributed by atoms with Gasteiger partial charge < -0.3 is 5.73 Å². The van der Waals surface area contributed by atoms with Crippen molar-refractivity contribution in [2.75, 3.05) is 5.73 Å². The van der Waals surface area contributed by atoms with Gasteiger partial charge in [0.25, 0.3) is 5.56 Å². The molecule has 4 heteroatoms. The van der Waals surface area contributed by atoms with Crippen LogP contribution in [0.15, 0.2) is 35.1 Å². The van der Waals surface area contributed by atoms with Crippen molar-refractivity contribution in [3.05, 3.63) is 51.9 Å². The second-order valence-corrected chi connectivity index (χ2v) is 5.02. The zero-order valence-corrected chi connectivity index (χ0v) is 11.8. The lowest BCUT2D eigenvalue weighted by atomic mass is 10.1. The highest BCUT2D eigenvalue weighted by molar-refractivity contribution is 5.43. The minimum Gasteiger partial charge on any atom is -0.393 e. The molecular formula is C15H21N3O. The van der Waals surface area contributed by atoms with Crippen molar-refractivity contribution in [3.63, 3.8) is 0 Å². The molecule has 19 heavy (non-hydrogen) atoms. The zero-order valence-electron chi connectivity index (χ0n) is 11.8. The molecule has 0 atom stereocenters. The van der Waals surface area contributed by atoms with Crippen molar-refractivity contribution < 1.29 is 0 Å². The van der Waals surface area contributed by atoms with Gasteiger partial charge in [-0.2, -0.15) is 0 Å². The molecule has 2 aromatic rings. The molecule has 0 bridgehead atoms. The number of hydrogen-bond acceptors (Lipinski definition) is 2. The van der Waals surface area contributed by atoms with E-state index in [4.69, 9.17) is 5.73 Å². The minimum absolute atomic E-state index is 0.0885. The fourth-order valence-electron chi connectivity index (χ4n) is 2.49. The van der Waals surface area contributed by atoms with Crippen LogP contribution >= 0.6 is 0 Å². The molecule has 2 N–H and O–H groups in total. The fraction of sp³-hybridized carbons (Fsp3) is 0.400. The van der Waals surface area contributed by atoms with E-state index in [1.54, 1.807) is 4.68 Å². The largest absolute Gasteiger partial charge is 0.393 e. The Morgan fingerprint density at radius 3 is 2.32 bits per heavy atom. The van der Waals surface area contributed by atoms with Gasteiger partial charge in [0, 0.05) is 6.54 Å². The second-order valence-electron chi connectivity index (χ2n) is 5.02. The van der Waals surface area contributed by atoms with Crippen molar-refractivity contribution in [1.29, 1.82) is 0 Å². The lowest BCUT2D eigenvalue weighted by molar-refractivity contribution is 0.465. The number of aromatic nitrogens is 2. The quantitative estimate of drug-likeness (QED) is 0.916. The van der Waals surface area contributed by atoms with Gasteiger partial charge in [0.2, 0.25) is 0 Å². The topological polar surface area (TPSA) is 52.9 Å². The SMILES string of the molecule is CCn1c(C(C)C)c(N)c(=O)n1Cc1ccccc1. The van der Waals surface area contributed by atoms with Crippen LogP contribution in [0.1, 0.15) is 37.9 Å². The van der Waals surface area contributed by atoms with Gasteiger partial charge >= 0.3 is 0 Å². The van der Waals surface area contributed by atoms with Gasteiger partial charge in [0.15, 0.2) is 0 Å². The highest BCUT2D eigenvalue weighted by atomic mass is 16.1. The fourth-order valence-corrected chi connectivity index (χ4v) is 2.49. The monoisotopic (exact) mass is 259 g/mol. The Bertz CT molecular complexity index is 608. The number of benzene rings is 1. The summed E-state index contributed by atoms with van der Waals surface area (Å²) < 4.78 is 3.73.